The number of thiazole rings is 1. The van der Waals surface area contributed by atoms with E-state index in [1.54, 1.807) is 22.8 Å². The highest BCUT2D eigenvalue weighted by Crippen LogP contribution is 2.20. The SMILES string of the molecule is CCn1c(=NC(=O)CS(=O)(=O)CC(=O)N2CCOCC2)sc2cc(C(=O)OC)ccc21. The Morgan fingerprint density at radius 3 is 2.55 bits per heavy atom. The van der Waals surface area contributed by atoms with Crippen molar-refractivity contribution in [3.05, 3.63) is 28.6 Å². The molecule has 10 nitrogen and oxygen atoms in total. The van der Waals surface area contributed by atoms with Crippen molar-refractivity contribution in [1.29, 1.82) is 0 Å². The highest BCUT2D eigenvalue weighted by Gasteiger charge is 2.25. The second-order valence-electron chi connectivity index (χ2n) is 6.83. The Balaban J connectivity index is 1.80. The third-order valence-corrected chi connectivity index (χ3v) is 7.11. The van der Waals surface area contributed by atoms with E-state index in [0.29, 0.717) is 47.9 Å². The van der Waals surface area contributed by atoms with Gasteiger partial charge in [-0.15, -0.1) is 0 Å². The molecule has 1 fully saturated rings. The molecule has 1 aromatic carbocycles. The maximum Gasteiger partial charge on any atom is 0.337 e. The highest BCUT2D eigenvalue weighted by atomic mass is 32.2. The van der Waals surface area contributed by atoms with Gasteiger partial charge in [-0.2, -0.15) is 4.99 Å². The first-order chi connectivity index (χ1) is 14.7. The fourth-order valence-electron chi connectivity index (χ4n) is 3.18. The van der Waals surface area contributed by atoms with Crippen LogP contribution in [0.3, 0.4) is 0 Å². The van der Waals surface area contributed by atoms with E-state index in [0.717, 1.165) is 5.52 Å². The van der Waals surface area contributed by atoms with Gasteiger partial charge < -0.3 is 18.9 Å². The van der Waals surface area contributed by atoms with Crippen LogP contribution < -0.4 is 4.80 Å². The quantitative estimate of drug-likeness (QED) is 0.554. The molecule has 2 heterocycles. The molecule has 2 amide bonds. The third-order valence-electron chi connectivity index (χ3n) is 4.69. The number of amides is 2. The van der Waals surface area contributed by atoms with Crippen LogP contribution in [0.4, 0.5) is 0 Å². The summed E-state index contributed by atoms with van der Waals surface area (Å²) in [6.07, 6.45) is 0. The van der Waals surface area contributed by atoms with Gasteiger partial charge in [-0.3, -0.25) is 9.59 Å². The van der Waals surface area contributed by atoms with Crippen molar-refractivity contribution in [3.8, 4) is 0 Å². The number of hydrogen-bond acceptors (Lipinski definition) is 8. The highest BCUT2D eigenvalue weighted by molar-refractivity contribution is 7.92. The van der Waals surface area contributed by atoms with Crippen LogP contribution in [0.2, 0.25) is 0 Å². The average Bonchev–Trinajstić information content (AvgIpc) is 3.08. The number of esters is 1. The van der Waals surface area contributed by atoms with Gasteiger partial charge in [0.15, 0.2) is 14.6 Å². The summed E-state index contributed by atoms with van der Waals surface area (Å²) in [5.41, 5.74) is 1.12. The number of morpholine rings is 1. The molecular formula is C19H23N3O7S2. The molecule has 1 saturated heterocycles. The maximum absolute atomic E-state index is 12.4. The molecule has 3 rings (SSSR count). The van der Waals surface area contributed by atoms with Gasteiger partial charge in [-0.25, -0.2) is 13.2 Å². The second-order valence-corrected chi connectivity index (χ2v) is 9.91. The smallest absolute Gasteiger partial charge is 0.337 e. The van der Waals surface area contributed by atoms with E-state index < -0.39 is 39.1 Å². The first-order valence-electron chi connectivity index (χ1n) is 9.59. The summed E-state index contributed by atoms with van der Waals surface area (Å²) < 4.78 is 37.0. The van der Waals surface area contributed by atoms with E-state index in [2.05, 4.69) is 4.99 Å². The molecule has 0 spiro atoms. The van der Waals surface area contributed by atoms with Crippen LogP contribution in [0.5, 0.6) is 0 Å². The molecule has 1 aliphatic rings. The number of benzene rings is 1. The molecule has 1 aromatic heterocycles. The van der Waals surface area contributed by atoms with Crippen LogP contribution in [0.15, 0.2) is 23.2 Å². The first kappa shape index (κ1) is 23.1. The molecule has 31 heavy (non-hydrogen) atoms. The minimum atomic E-state index is -3.96. The molecular weight excluding hydrogens is 446 g/mol. The number of fused-ring (bicyclic) bond motifs is 1. The van der Waals surface area contributed by atoms with Gasteiger partial charge in [-0.1, -0.05) is 11.3 Å². The summed E-state index contributed by atoms with van der Waals surface area (Å²) in [6, 6.07) is 4.97. The number of aromatic nitrogens is 1. The minimum Gasteiger partial charge on any atom is -0.465 e. The number of methoxy groups -OCH3 is 1. The Bertz CT molecular complexity index is 1170. The fourth-order valence-corrected chi connectivity index (χ4v) is 5.43. The lowest BCUT2D eigenvalue weighted by Crippen LogP contribution is -2.43. The Morgan fingerprint density at radius 1 is 1.19 bits per heavy atom. The number of sulfone groups is 1. The largest absolute Gasteiger partial charge is 0.465 e. The summed E-state index contributed by atoms with van der Waals surface area (Å²) in [6.45, 7) is 3.74. The van der Waals surface area contributed by atoms with E-state index in [1.165, 1.54) is 23.3 Å². The molecule has 0 bridgehead atoms. The van der Waals surface area contributed by atoms with Crippen LogP contribution in [-0.4, -0.2) is 80.6 Å². The summed E-state index contributed by atoms with van der Waals surface area (Å²) in [5, 5.41) is 0. The number of aryl methyl sites for hydroxylation is 1. The van der Waals surface area contributed by atoms with Crippen LogP contribution in [0, 0.1) is 0 Å². The lowest BCUT2D eigenvalue weighted by molar-refractivity contribution is -0.132. The van der Waals surface area contributed by atoms with E-state index in [1.807, 2.05) is 6.92 Å². The van der Waals surface area contributed by atoms with Crippen molar-refractivity contribution >= 4 is 49.2 Å². The van der Waals surface area contributed by atoms with Crippen molar-refractivity contribution in [3.63, 3.8) is 0 Å². The van der Waals surface area contributed by atoms with E-state index in [4.69, 9.17) is 9.47 Å². The predicted molar refractivity (Wildman–Crippen MR) is 113 cm³/mol. The molecule has 12 heteroatoms. The zero-order chi connectivity index (χ0) is 22.6. The molecule has 1 aliphatic heterocycles. The average molecular weight is 470 g/mol. The monoisotopic (exact) mass is 469 g/mol. The van der Waals surface area contributed by atoms with Crippen LogP contribution >= 0.6 is 11.3 Å². The number of carbonyl (C=O) groups is 3. The summed E-state index contributed by atoms with van der Waals surface area (Å²) in [4.78, 5) is 42.0. The van der Waals surface area contributed by atoms with E-state index in [9.17, 15) is 22.8 Å². The first-order valence-corrected chi connectivity index (χ1v) is 12.2. The lowest BCUT2D eigenvalue weighted by atomic mass is 10.2. The van der Waals surface area contributed by atoms with Gasteiger partial charge in [0.25, 0.3) is 5.91 Å². The topological polar surface area (TPSA) is 124 Å². The molecule has 0 aliphatic carbocycles. The lowest BCUT2D eigenvalue weighted by Gasteiger charge is -2.26. The van der Waals surface area contributed by atoms with Crippen molar-refractivity contribution < 1.29 is 32.3 Å². The van der Waals surface area contributed by atoms with Gasteiger partial charge in [0.2, 0.25) is 5.91 Å². The van der Waals surface area contributed by atoms with Crippen molar-refractivity contribution in [2.24, 2.45) is 4.99 Å². The molecule has 168 valence electrons. The number of carbonyl (C=O) groups excluding carboxylic acids is 3. The Morgan fingerprint density at radius 2 is 1.90 bits per heavy atom. The molecule has 0 saturated carbocycles. The third kappa shape index (κ3) is 5.57. The number of ether oxygens (including phenoxy) is 2. The van der Waals surface area contributed by atoms with E-state index >= 15 is 0 Å². The van der Waals surface area contributed by atoms with Crippen LogP contribution in [0.25, 0.3) is 10.2 Å². The zero-order valence-corrected chi connectivity index (χ0v) is 18.8. The molecule has 0 radical (unpaired) electrons. The second kappa shape index (κ2) is 9.71. The van der Waals surface area contributed by atoms with Crippen LogP contribution in [0.1, 0.15) is 17.3 Å². The summed E-state index contributed by atoms with van der Waals surface area (Å²) >= 11 is 1.17. The van der Waals surface area contributed by atoms with Crippen molar-refractivity contribution in [2.75, 3.05) is 44.9 Å². The van der Waals surface area contributed by atoms with E-state index in [-0.39, 0.29) is 0 Å². The standard InChI is InChI=1S/C19H23N3O7S2/c1-3-22-14-5-4-13(18(25)28-2)10-15(14)30-19(22)20-16(23)11-31(26,27)12-17(24)21-6-8-29-9-7-21/h4-5,10H,3,6-9,11-12H2,1-2H3. The molecule has 0 atom stereocenters. The molecule has 0 N–H and O–H groups in total. The van der Waals surface area contributed by atoms with Gasteiger partial charge in [-0.05, 0) is 25.1 Å². The maximum atomic E-state index is 12.4. The van der Waals surface area contributed by atoms with Crippen molar-refractivity contribution in [1.82, 2.24) is 9.47 Å². The molecule has 2 aromatic rings. The summed E-state index contributed by atoms with van der Waals surface area (Å²) in [7, 11) is -2.67. The predicted octanol–water partition coefficient (Wildman–Crippen LogP) is 0.210. The normalized spacial score (nSPS) is 15.3. The minimum absolute atomic E-state index is 0.319. The van der Waals surface area contributed by atoms with Gasteiger partial charge in [0.05, 0.1) is 36.1 Å². The van der Waals surface area contributed by atoms with Crippen molar-refractivity contribution in [2.45, 2.75) is 13.5 Å². The zero-order valence-electron chi connectivity index (χ0n) is 17.2. The summed E-state index contributed by atoms with van der Waals surface area (Å²) in [5.74, 6) is -3.47. The number of nitrogens with zero attached hydrogens (tertiary/aromatic N) is 3. The number of rotatable bonds is 6. The van der Waals surface area contributed by atoms with Gasteiger partial charge >= 0.3 is 5.97 Å². The Kier molecular flexibility index (Phi) is 7.23. The van der Waals surface area contributed by atoms with Gasteiger partial charge in [0.1, 0.15) is 11.5 Å². The Labute approximate surface area is 183 Å². The Hall–Kier alpha value is -2.57. The fraction of sp³-hybridized carbons (Fsp3) is 0.474. The molecule has 0 unspecified atom stereocenters. The van der Waals surface area contributed by atoms with Crippen LogP contribution in [-0.2, 0) is 35.4 Å². The number of hydrogen-bond donors (Lipinski definition) is 0. The van der Waals surface area contributed by atoms with Gasteiger partial charge in [0, 0.05) is 19.6 Å².